The van der Waals surface area contributed by atoms with Gasteiger partial charge in [-0.25, -0.2) is 9.18 Å². The van der Waals surface area contributed by atoms with Crippen molar-refractivity contribution in [3.05, 3.63) is 111 Å². The van der Waals surface area contributed by atoms with Crippen LogP contribution >= 0.6 is 23.2 Å². The van der Waals surface area contributed by atoms with E-state index in [1.807, 2.05) is 0 Å². The van der Waals surface area contributed by atoms with E-state index in [0.29, 0.717) is 17.2 Å². The van der Waals surface area contributed by atoms with E-state index in [0.717, 1.165) is 12.1 Å². The second-order valence-electron chi connectivity index (χ2n) is 12.2. The van der Waals surface area contributed by atoms with Gasteiger partial charge in [-0.05, 0) is 92.4 Å². The topological polar surface area (TPSA) is 115 Å². The van der Waals surface area contributed by atoms with Crippen molar-refractivity contribution >= 4 is 41.2 Å². The van der Waals surface area contributed by atoms with Crippen molar-refractivity contribution in [1.82, 2.24) is 14.5 Å². The molecule has 0 spiro atoms. The number of hydrogen-bond donors (Lipinski definition) is 2. The van der Waals surface area contributed by atoms with E-state index in [1.165, 1.54) is 41.0 Å². The molecule has 0 aliphatic rings. The van der Waals surface area contributed by atoms with Gasteiger partial charge in [0.05, 0.1) is 34.1 Å². The van der Waals surface area contributed by atoms with Crippen molar-refractivity contribution in [2.75, 3.05) is 0 Å². The van der Waals surface area contributed by atoms with Crippen molar-refractivity contribution in [2.24, 2.45) is 12.0 Å². The number of hydrogen-bond acceptors (Lipinski definition) is 4. The first-order chi connectivity index (χ1) is 22.7. The SMILES string of the molecule is CC(c1cc(C(=O)NC(CC(=O)O)c2ccc(Cl)c(Cl)c2)cc(-c2ccc(F)cc2C(F)(F)F)c1)n1ccn(C)c1=NC(=O)OC(C)(C)C. The predicted octanol–water partition coefficient (Wildman–Crippen LogP) is 8.35. The lowest BCUT2D eigenvalue weighted by Crippen LogP contribution is -2.31. The molecule has 2 N–H and O–H groups in total. The Morgan fingerprint density at radius 3 is 2.27 bits per heavy atom. The lowest BCUT2D eigenvalue weighted by atomic mass is 9.93. The molecule has 3 aromatic carbocycles. The molecule has 1 heterocycles. The third-order valence-electron chi connectivity index (χ3n) is 7.33. The molecule has 0 saturated carbocycles. The Morgan fingerprint density at radius 2 is 1.65 bits per heavy atom. The van der Waals surface area contributed by atoms with Gasteiger partial charge in [-0.15, -0.1) is 4.99 Å². The highest BCUT2D eigenvalue weighted by Crippen LogP contribution is 2.39. The minimum Gasteiger partial charge on any atom is -0.481 e. The smallest absolute Gasteiger partial charge is 0.437 e. The van der Waals surface area contributed by atoms with Crippen LogP contribution in [0, 0.1) is 5.82 Å². The highest BCUT2D eigenvalue weighted by molar-refractivity contribution is 6.42. The van der Waals surface area contributed by atoms with Crippen molar-refractivity contribution in [3.63, 3.8) is 0 Å². The number of carbonyl (C=O) groups is 3. The lowest BCUT2D eigenvalue weighted by Gasteiger charge is -2.21. The highest BCUT2D eigenvalue weighted by Gasteiger charge is 2.34. The van der Waals surface area contributed by atoms with Crippen molar-refractivity contribution in [2.45, 2.75) is 58.0 Å². The van der Waals surface area contributed by atoms with E-state index >= 15 is 0 Å². The molecule has 0 fully saturated rings. The lowest BCUT2D eigenvalue weighted by molar-refractivity contribution is -0.138. The molecular formula is C34H32Cl2F4N4O5. The molecule has 2 unspecified atom stereocenters. The van der Waals surface area contributed by atoms with E-state index in [-0.39, 0.29) is 26.8 Å². The quantitative estimate of drug-likeness (QED) is 0.178. The molecular weight excluding hydrogens is 691 g/mol. The molecule has 0 saturated heterocycles. The Labute approximate surface area is 288 Å². The van der Waals surface area contributed by atoms with Crippen LogP contribution in [0.15, 0.2) is 72.0 Å². The van der Waals surface area contributed by atoms with E-state index in [9.17, 15) is 37.1 Å². The van der Waals surface area contributed by atoms with Gasteiger partial charge in [-0.2, -0.15) is 13.2 Å². The summed E-state index contributed by atoms with van der Waals surface area (Å²) in [6.45, 7) is 6.70. The second-order valence-corrected chi connectivity index (χ2v) is 13.0. The number of aliphatic carboxylic acids is 1. The Bertz CT molecular complexity index is 1980. The summed E-state index contributed by atoms with van der Waals surface area (Å²) in [5.74, 6) is -3.17. The molecule has 0 aliphatic carbocycles. The van der Waals surface area contributed by atoms with Crippen molar-refractivity contribution < 1.29 is 41.8 Å². The minimum absolute atomic E-state index is 0.0756. The van der Waals surface area contributed by atoms with Crippen LogP contribution in [0.25, 0.3) is 11.1 Å². The summed E-state index contributed by atoms with van der Waals surface area (Å²) in [5, 5.41) is 12.5. The zero-order chi connectivity index (χ0) is 36.4. The van der Waals surface area contributed by atoms with Gasteiger partial charge in [0, 0.05) is 25.0 Å². The van der Waals surface area contributed by atoms with E-state index in [2.05, 4.69) is 10.3 Å². The third-order valence-corrected chi connectivity index (χ3v) is 8.07. The van der Waals surface area contributed by atoms with Gasteiger partial charge in [-0.3, -0.25) is 9.59 Å². The number of aryl methyl sites for hydroxylation is 1. The number of carbonyl (C=O) groups excluding carboxylic acids is 2. The van der Waals surface area contributed by atoms with Crippen LogP contribution in [0.3, 0.4) is 0 Å². The molecule has 1 aromatic heterocycles. The molecule has 4 aromatic rings. The number of amides is 2. The Morgan fingerprint density at radius 1 is 0.959 bits per heavy atom. The maximum Gasteiger partial charge on any atom is 0.437 e. The second kappa shape index (κ2) is 14.5. The average Bonchev–Trinajstić information content (AvgIpc) is 3.35. The molecule has 0 aliphatic heterocycles. The number of carboxylic acids is 1. The van der Waals surface area contributed by atoms with Crippen molar-refractivity contribution in [3.8, 4) is 11.1 Å². The summed E-state index contributed by atoms with van der Waals surface area (Å²) < 4.78 is 64.9. The van der Waals surface area contributed by atoms with Crippen LogP contribution in [0.1, 0.15) is 73.2 Å². The van der Waals surface area contributed by atoms with Crippen LogP contribution in [0.2, 0.25) is 10.0 Å². The summed E-state index contributed by atoms with van der Waals surface area (Å²) in [4.78, 5) is 42.2. The zero-order valence-electron chi connectivity index (χ0n) is 26.9. The summed E-state index contributed by atoms with van der Waals surface area (Å²) in [7, 11) is 1.63. The highest BCUT2D eigenvalue weighted by atomic mass is 35.5. The number of alkyl halides is 3. The fourth-order valence-corrected chi connectivity index (χ4v) is 5.34. The first kappa shape index (κ1) is 37.2. The molecule has 15 heteroatoms. The predicted molar refractivity (Wildman–Crippen MR) is 175 cm³/mol. The normalized spacial score (nSPS) is 13.6. The number of halogens is 6. The number of ether oxygens (including phenoxy) is 1. The molecule has 0 bridgehead atoms. The van der Waals surface area contributed by atoms with Gasteiger partial charge >= 0.3 is 18.2 Å². The maximum atomic E-state index is 14.1. The number of carboxylic acid groups (broad SMARTS) is 1. The fraction of sp³-hybridized carbons (Fsp3) is 0.294. The van der Waals surface area contributed by atoms with E-state index in [1.54, 1.807) is 51.7 Å². The first-order valence-corrected chi connectivity index (χ1v) is 15.5. The number of benzene rings is 3. The van der Waals surface area contributed by atoms with E-state index < -0.39 is 65.2 Å². The average molecular weight is 724 g/mol. The molecule has 4 rings (SSSR count). The van der Waals surface area contributed by atoms with Crippen LogP contribution < -0.4 is 10.9 Å². The Balaban J connectivity index is 1.89. The maximum absolute atomic E-state index is 14.1. The van der Waals surface area contributed by atoms with Gasteiger partial charge < -0.3 is 24.3 Å². The Hall–Kier alpha value is -4.62. The largest absolute Gasteiger partial charge is 0.481 e. The number of rotatable bonds is 8. The summed E-state index contributed by atoms with van der Waals surface area (Å²) in [6, 6.07) is 8.70. The van der Waals surface area contributed by atoms with Crippen LogP contribution in [0.4, 0.5) is 22.4 Å². The van der Waals surface area contributed by atoms with Crippen LogP contribution in [-0.2, 0) is 22.8 Å². The molecule has 2 amide bonds. The summed E-state index contributed by atoms with van der Waals surface area (Å²) in [5.41, 5.74) is -1.95. The van der Waals surface area contributed by atoms with E-state index in [4.69, 9.17) is 27.9 Å². The first-order valence-electron chi connectivity index (χ1n) is 14.7. The minimum atomic E-state index is -4.95. The Kier molecular flexibility index (Phi) is 11.0. The number of nitrogens with zero attached hydrogens (tertiary/aromatic N) is 3. The third kappa shape index (κ3) is 9.30. The molecule has 49 heavy (non-hydrogen) atoms. The standard InChI is InChI=1S/C34H32Cl2F4N4O5/c1-18(44-11-10-43(5)31(44)42-32(48)49-33(2,3)4)20-12-21(24-8-7-23(37)16-25(24)34(38,39)40)14-22(13-20)30(47)41-28(17-29(45)46)19-6-9-26(35)27(36)15-19/h6-16,18,28H,17H2,1-5H3,(H,41,47)(H,45,46). The molecule has 0 radical (unpaired) electrons. The fourth-order valence-electron chi connectivity index (χ4n) is 5.03. The molecule has 2 atom stereocenters. The molecule has 9 nitrogen and oxygen atoms in total. The van der Waals surface area contributed by atoms with Crippen molar-refractivity contribution in [1.29, 1.82) is 0 Å². The van der Waals surface area contributed by atoms with Gasteiger partial charge in [-0.1, -0.05) is 35.3 Å². The monoisotopic (exact) mass is 722 g/mol. The number of nitrogens with one attached hydrogen (secondary N) is 1. The molecule has 260 valence electrons. The van der Waals surface area contributed by atoms with Crippen LogP contribution in [0.5, 0.6) is 0 Å². The van der Waals surface area contributed by atoms with Gasteiger partial charge in [0.2, 0.25) is 5.62 Å². The van der Waals surface area contributed by atoms with Gasteiger partial charge in [0.25, 0.3) is 5.91 Å². The zero-order valence-corrected chi connectivity index (χ0v) is 28.4. The number of aromatic nitrogens is 2. The van der Waals surface area contributed by atoms with Gasteiger partial charge in [0.15, 0.2) is 0 Å². The summed E-state index contributed by atoms with van der Waals surface area (Å²) >= 11 is 12.2. The number of imidazole rings is 1. The summed E-state index contributed by atoms with van der Waals surface area (Å²) in [6.07, 6.45) is -3.19. The van der Waals surface area contributed by atoms with Gasteiger partial charge in [0.1, 0.15) is 11.4 Å². The van der Waals surface area contributed by atoms with Crippen LogP contribution in [-0.4, -0.2) is 37.8 Å².